The van der Waals surface area contributed by atoms with E-state index in [9.17, 15) is 0 Å². The van der Waals surface area contributed by atoms with Gasteiger partial charge in [0.2, 0.25) is 0 Å². The number of nitrogens with zero attached hydrogens (tertiary/aromatic N) is 1. The van der Waals surface area contributed by atoms with Crippen LogP contribution in [-0.2, 0) is 12.8 Å². The number of anilines is 1. The Morgan fingerprint density at radius 1 is 1.29 bits per heavy atom. The van der Waals surface area contributed by atoms with Crippen molar-refractivity contribution in [1.29, 1.82) is 0 Å². The minimum Gasteiger partial charge on any atom is -0.322 e. The molecule has 2 rings (SSSR count). The van der Waals surface area contributed by atoms with E-state index >= 15 is 0 Å². The van der Waals surface area contributed by atoms with Crippen molar-refractivity contribution in [2.75, 3.05) is 5.43 Å². The highest BCUT2D eigenvalue weighted by Gasteiger charge is 2.07. The molecule has 0 fully saturated rings. The van der Waals surface area contributed by atoms with Gasteiger partial charge in [-0.2, -0.15) is 0 Å². The molecule has 0 aliphatic heterocycles. The molecule has 1 aromatic carbocycles. The molecule has 17 heavy (non-hydrogen) atoms. The van der Waals surface area contributed by atoms with Crippen LogP contribution in [-0.4, -0.2) is 4.98 Å². The van der Waals surface area contributed by atoms with Crippen LogP contribution in [0, 0.1) is 0 Å². The van der Waals surface area contributed by atoms with Gasteiger partial charge in [-0.05, 0) is 24.5 Å². The van der Waals surface area contributed by atoms with Gasteiger partial charge in [0, 0.05) is 5.39 Å². The van der Waals surface area contributed by atoms with Gasteiger partial charge >= 0.3 is 0 Å². The van der Waals surface area contributed by atoms with Crippen LogP contribution in [0.1, 0.15) is 31.5 Å². The Bertz CT molecular complexity index is 520. The van der Waals surface area contributed by atoms with Gasteiger partial charge in [0.15, 0.2) is 0 Å². The van der Waals surface area contributed by atoms with Crippen LogP contribution in [0.15, 0.2) is 24.3 Å². The topological polar surface area (TPSA) is 50.9 Å². The lowest BCUT2D eigenvalue weighted by molar-refractivity contribution is 0.888. The third kappa shape index (κ3) is 2.24. The third-order valence-electron chi connectivity index (χ3n) is 3.03. The zero-order valence-electron chi connectivity index (χ0n) is 10.5. The van der Waals surface area contributed by atoms with Crippen LogP contribution in [0.4, 0.5) is 5.69 Å². The van der Waals surface area contributed by atoms with Crippen molar-refractivity contribution in [1.82, 2.24) is 4.98 Å². The first-order chi connectivity index (χ1) is 8.30. The van der Waals surface area contributed by atoms with Crippen molar-refractivity contribution in [3.8, 4) is 0 Å². The lowest BCUT2D eigenvalue weighted by Gasteiger charge is -2.11. The average Bonchev–Trinajstić information content (AvgIpc) is 2.37. The average molecular weight is 229 g/mol. The molecule has 0 bridgehead atoms. The number of nitrogens with one attached hydrogen (secondary N) is 1. The Labute approximate surface area is 102 Å². The van der Waals surface area contributed by atoms with Crippen molar-refractivity contribution < 1.29 is 0 Å². The van der Waals surface area contributed by atoms with Gasteiger partial charge in [0.05, 0.1) is 16.9 Å². The highest BCUT2D eigenvalue weighted by molar-refractivity contribution is 5.85. The highest BCUT2D eigenvalue weighted by Crippen LogP contribution is 2.24. The minimum absolute atomic E-state index is 0.938. The predicted octanol–water partition coefficient (Wildman–Crippen LogP) is 3.04. The summed E-state index contributed by atoms with van der Waals surface area (Å²) in [4.78, 5) is 4.76. The number of para-hydroxylation sites is 1. The summed E-state index contributed by atoms with van der Waals surface area (Å²) in [6, 6.07) is 8.38. The van der Waals surface area contributed by atoms with Crippen LogP contribution < -0.4 is 11.3 Å². The van der Waals surface area contributed by atoms with Crippen LogP contribution in [0.25, 0.3) is 10.9 Å². The maximum atomic E-state index is 5.55. The second-order valence-corrected chi connectivity index (χ2v) is 4.22. The van der Waals surface area contributed by atoms with E-state index in [4.69, 9.17) is 10.8 Å². The number of fused-ring (bicyclic) bond motifs is 1. The number of hydrazine groups is 1. The van der Waals surface area contributed by atoms with E-state index in [0.717, 1.165) is 41.5 Å². The molecule has 0 aliphatic rings. The molecule has 1 aromatic heterocycles. The standard InChI is InChI=1S/C14H19N3/c1-3-6-12-13(17-15)9-11-8-5-7-10(4-2)14(11)16-12/h5,7-9,17H,3-4,6,15H2,1-2H3. The number of aryl methyl sites for hydroxylation is 2. The highest BCUT2D eigenvalue weighted by atomic mass is 15.2. The summed E-state index contributed by atoms with van der Waals surface area (Å²) in [5.41, 5.74) is 7.15. The largest absolute Gasteiger partial charge is 0.322 e. The molecule has 0 saturated carbocycles. The summed E-state index contributed by atoms with van der Waals surface area (Å²) in [5.74, 6) is 5.55. The molecule has 2 aromatic rings. The minimum atomic E-state index is 0.938. The Hall–Kier alpha value is -1.61. The summed E-state index contributed by atoms with van der Waals surface area (Å²) < 4.78 is 0. The summed E-state index contributed by atoms with van der Waals surface area (Å²) in [6.45, 7) is 4.31. The van der Waals surface area contributed by atoms with Crippen LogP contribution in [0.5, 0.6) is 0 Å². The maximum Gasteiger partial charge on any atom is 0.0738 e. The molecule has 0 aliphatic carbocycles. The van der Waals surface area contributed by atoms with E-state index in [2.05, 4.69) is 43.5 Å². The second-order valence-electron chi connectivity index (χ2n) is 4.22. The Morgan fingerprint density at radius 2 is 2.12 bits per heavy atom. The Morgan fingerprint density at radius 3 is 2.76 bits per heavy atom. The number of hydrogen-bond acceptors (Lipinski definition) is 3. The molecule has 0 atom stereocenters. The first-order valence-corrected chi connectivity index (χ1v) is 6.18. The number of hydrogen-bond donors (Lipinski definition) is 2. The SMILES string of the molecule is CCCc1nc2c(CC)cccc2cc1NN. The van der Waals surface area contributed by atoms with Gasteiger partial charge in [-0.15, -0.1) is 0 Å². The number of aromatic nitrogens is 1. The molecule has 3 heteroatoms. The van der Waals surface area contributed by atoms with Crippen molar-refractivity contribution in [2.24, 2.45) is 5.84 Å². The fourth-order valence-corrected chi connectivity index (χ4v) is 2.14. The molecule has 3 N–H and O–H groups in total. The van der Waals surface area contributed by atoms with E-state index in [0.29, 0.717) is 0 Å². The van der Waals surface area contributed by atoms with Gasteiger partial charge in [-0.25, -0.2) is 0 Å². The Kier molecular flexibility index (Phi) is 3.59. The van der Waals surface area contributed by atoms with Crippen molar-refractivity contribution in [3.63, 3.8) is 0 Å². The van der Waals surface area contributed by atoms with E-state index < -0.39 is 0 Å². The molecule has 0 spiro atoms. The third-order valence-corrected chi connectivity index (χ3v) is 3.03. The fraction of sp³-hybridized carbons (Fsp3) is 0.357. The van der Waals surface area contributed by atoms with E-state index in [-0.39, 0.29) is 0 Å². The molecular formula is C14H19N3. The molecule has 0 saturated heterocycles. The van der Waals surface area contributed by atoms with Crippen LogP contribution in [0.3, 0.4) is 0 Å². The van der Waals surface area contributed by atoms with Gasteiger partial charge in [-0.1, -0.05) is 38.5 Å². The van der Waals surface area contributed by atoms with Gasteiger partial charge in [0.25, 0.3) is 0 Å². The van der Waals surface area contributed by atoms with Crippen molar-refractivity contribution >= 4 is 16.6 Å². The predicted molar refractivity (Wildman–Crippen MR) is 72.9 cm³/mol. The summed E-state index contributed by atoms with van der Waals surface area (Å²) in [7, 11) is 0. The summed E-state index contributed by atoms with van der Waals surface area (Å²) in [6.07, 6.45) is 3.03. The smallest absolute Gasteiger partial charge is 0.0738 e. The lowest BCUT2D eigenvalue weighted by Crippen LogP contribution is -2.10. The van der Waals surface area contributed by atoms with E-state index in [1.165, 1.54) is 5.56 Å². The van der Waals surface area contributed by atoms with Crippen LogP contribution in [0.2, 0.25) is 0 Å². The van der Waals surface area contributed by atoms with Crippen LogP contribution >= 0.6 is 0 Å². The van der Waals surface area contributed by atoms with Gasteiger partial charge in [0.1, 0.15) is 0 Å². The zero-order chi connectivity index (χ0) is 12.3. The van der Waals surface area contributed by atoms with Crippen molar-refractivity contribution in [2.45, 2.75) is 33.1 Å². The monoisotopic (exact) mass is 229 g/mol. The molecule has 1 heterocycles. The fourth-order valence-electron chi connectivity index (χ4n) is 2.14. The normalized spacial score (nSPS) is 10.8. The van der Waals surface area contributed by atoms with E-state index in [1.807, 2.05) is 0 Å². The summed E-state index contributed by atoms with van der Waals surface area (Å²) >= 11 is 0. The molecule has 0 amide bonds. The molecule has 0 unspecified atom stereocenters. The number of rotatable bonds is 4. The molecule has 0 radical (unpaired) electrons. The maximum absolute atomic E-state index is 5.55. The zero-order valence-corrected chi connectivity index (χ0v) is 10.5. The number of benzene rings is 1. The first-order valence-electron chi connectivity index (χ1n) is 6.18. The van der Waals surface area contributed by atoms with Crippen molar-refractivity contribution in [3.05, 3.63) is 35.5 Å². The molecule has 3 nitrogen and oxygen atoms in total. The first kappa shape index (κ1) is 11.9. The van der Waals surface area contributed by atoms with Gasteiger partial charge in [-0.3, -0.25) is 10.8 Å². The van der Waals surface area contributed by atoms with Gasteiger partial charge < -0.3 is 5.43 Å². The summed E-state index contributed by atoms with van der Waals surface area (Å²) in [5, 5.41) is 1.15. The molecule has 90 valence electrons. The molecular weight excluding hydrogens is 210 g/mol. The number of nitrogen functional groups attached to an aromatic ring is 1. The number of nitrogens with two attached hydrogens (primary N) is 1. The lowest BCUT2D eigenvalue weighted by atomic mass is 10.1. The number of pyridine rings is 1. The van der Waals surface area contributed by atoms with E-state index in [1.54, 1.807) is 0 Å². The quantitative estimate of drug-likeness (QED) is 0.626. The Balaban J connectivity index is 2.65. The second kappa shape index (κ2) is 5.15.